The molecule has 0 saturated heterocycles. The van der Waals surface area contributed by atoms with Crippen molar-refractivity contribution in [2.75, 3.05) is 0 Å². The fourth-order valence-electron chi connectivity index (χ4n) is 1.34. The second kappa shape index (κ2) is 2.99. The smallest absolute Gasteiger partial charge is 0.270 e. The molecule has 4 nitrogen and oxygen atoms in total. The van der Waals surface area contributed by atoms with Gasteiger partial charge in [-0.1, -0.05) is 6.07 Å². The highest BCUT2D eigenvalue weighted by Gasteiger charge is 2.05. The molecule has 2 aromatic rings. The maximum Gasteiger partial charge on any atom is 0.270 e. The number of nitro groups is 1. The van der Waals surface area contributed by atoms with Gasteiger partial charge in [-0.3, -0.25) is 10.1 Å². The summed E-state index contributed by atoms with van der Waals surface area (Å²) in [5.41, 5.74) is 0.0306. The van der Waals surface area contributed by atoms with Crippen molar-refractivity contribution in [2.45, 2.75) is 0 Å². The van der Waals surface area contributed by atoms with Crippen molar-refractivity contribution < 1.29 is 10.0 Å². The Balaban J connectivity index is 2.69. The number of phenols is 1. The second-order valence-corrected chi connectivity index (χ2v) is 2.97. The first-order chi connectivity index (χ1) is 6.66. The zero-order valence-electron chi connectivity index (χ0n) is 7.18. The lowest BCUT2D eigenvalue weighted by molar-refractivity contribution is -0.384. The van der Waals surface area contributed by atoms with Gasteiger partial charge in [-0.2, -0.15) is 0 Å². The number of nitro benzene ring substituents is 1. The largest absolute Gasteiger partial charge is 0.508 e. The quantitative estimate of drug-likeness (QED) is 0.553. The van der Waals surface area contributed by atoms with Crippen LogP contribution in [0.2, 0.25) is 0 Å². The lowest BCUT2D eigenvalue weighted by atomic mass is 10.1. The maximum atomic E-state index is 10.5. The van der Waals surface area contributed by atoms with Gasteiger partial charge in [0.1, 0.15) is 5.75 Å². The van der Waals surface area contributed by atoms with E-state index < -0.39 is 4.92 Å². The summed E-state index contributed by atoms with van der Waals surface area (Å²) in [5.74, 6) is 0.109. The lowest BCUT2D eigenvalue weighted by Crippen LogP contribution is -1.86. The highest BCUT2D eigenvalue weighted by atomic mass is 16.6. The van der Waals surface area contributed by atoms with Gasteiger partial charge in [0.25, 0.3) is 5.69 Å². The number of non-ortho nitro benzene ring substituents is 1. The molecule has 2 rings (SSSR count). The maximum absolute atomic E-state index is 10.5. The van der Waals surface area contributed by atoms with E-state index >= 15 is 0 Å². The molecule has 0 atom stereocenters. The van der Waals surface area contributed by atoms with Crippen LogP contribution in [0.4, 0.5) is 5.69 Å². The summed E-state index contributed by atoms with van der Waals surface area (Å²) in [7, 11) is 0. The van der Waals surface area contributed by atoms with Gasteiger partial charge in [0.15, 0.2) is 0 Å². The van der Waals surface area contributed by atoms with E-state index in [2.05, 4.69) is 0 Å². The molecule has 0 aliphatic rings. The molecular formula is C10H7NO3. The molecule has 0 fully saturated rings. The van der Waals surface area contributed by atoms with Crippen molar-refractivity contribution in [1.82, 2.24) is 0 Å². The van der Waals surface area contributed by atoms with Crippen molar-refractivity contribution in [3.63, 3.8) is 0 Å². The molecule has 0 radical (unpaired) electrons. The Labute approximate surface area is 79.6 Å². The van der Waals surface area contributed by atoms with Gasteiger partial charge in [-0.05, 0) is 29.0 Å². The molecule has 2 aromatic carbocycles. The number of hydrogen-bond donors (Lipinski definition) is 1. The van der Waals surface area contributed by atoms with E-state index in [9.17, 15) is 15.2 Å². The third kappa shape index (κ3) is 1.37. The Morgan fingerprint density at radius 1 is 1.07 bits per heavy atom. The minimum atomic E-state index is -0.455. The molecule has 0 unspecified atom stereocenters. The number of phenolic OH excluding ortho intramolecular Hbond substituents is 1. The predicted molar refractivity (Wildman–Crippen MR) is 52.3 cm³/mol. The van der Waals surface area contributed by atoms with Crippen molar-refractivity contribution in [3.8, 4) is 5.75 Å². The van der Waals surface area contributed by atoms with Crippen molar-refractivity contribution >= 4 is 16.5 Å². The second-order valence-electron chi connectivity index (χ2n) is 2.97. The lowest BCUT2D eigenvalue weighted by Gasteiger charge is -1.98. The number of hydrogen-bond acceptors (Lipinski definition) is 3. The Bertz CT molecular complexity index is 508. The van der Waals surface area contributed by atoms with Crippen LogP contribution >= 0.6 is 0 Å². The van der Waals surface area contributed by atoms with Gasteiger partial charge in [0.05, 0.1) is 4.92 Å². The van der Waals surface area contributed by atoms with Gasteiger partial charge in [-0.25, -0.2) is 0 Å². The normalized spacial score (nSPS) is 10.3. The van der Waals surface area contributed by atoms with Crippen LogP contribution in [0.1, 0.15) is 0 Å². The summed E-state index contributed by atoms with van der Waals surface area (Å²) in [5, 5.41) is 21.2. The monoisotopic (exact) mass is 189 g/mol. The van der Waals surface area contributed by atoms with Gasteiger partial charge < -0.3 is 5.11 Å². The Hall–Kier alpha value is -2.10. The summed E-state index contributed by atoms with van der Waals surface area (Å²) in [6.45, 7) is 0. The van der Waals surface area contributed by atoms with Crippen molar-refractivity contribution in [2.24, 2.45) is 0 Å². The Morgan fingerprint density at radius 3 is 2.50 bits per heavy atom. The highest BCUT2D eigenvalue weighted by Crippen LogP contribution is 2.23. The van der Waals surface area contributed by atoms with E-state index in [0.717, 1.165) is 5.39 Å². The Morgan fingerprint density at radius 2 is 1.79 bits per heavy atom. The van der Waals surface area contributed by atoms with Crippen LogP contribution in [0.5, 0.6) is 5.75 Å². The molecular weight excluding hydrogens is 182 g/mol. The highest BCUT2D eigenvalue weighted by molar-refractivity contribution is 5.85. The van der Waals surface area contributed by atoms with Crippen LogP contribution in [-0.4, -0.2) is 10.0 Å². The zero-order valence-corrected chi connectivity index (χ0v) is 7.18. The fourth-order valence-corrected chi connectivity index (χ4v) is 1.34. The number of nitrogens with zero attached hydrogens (tertiary/aromatic N) is 1. The first-order valence-corrected chi connectivity index (χ1v) is 4.04. The van der Waals surface area contributed by atoms with E-state index in [-0.39, 0.29) is 11.4 Å². The average Bonchev–Trinajstić information content (AvgIpc) is 2.16. The summed E-state index contributed by atoms with van der Waals surface area (Å²) in [6.07, 6.45) is 0. The van der Waals surface area contributed by atoms with Crippen molar-refractivity contribution in [3.05, 3.63) is 46.5 Å². The van der Waals surface area contributed by atoms with Gasteiger partial charge in [0.2, 0.25) is 0 Å². The summed E-state index contributed by atoms with van der Waals surface area (Å²) in [4.78, 5) is 10.0. The summed E-state index contributed by atoms with van der Waals surface area (Å²) < 4.78 is 0. The number of fused-ring (bicyclic) bond motifs is 1. The first kappa shape index (κ1) is 8.50. The molecule has 0 heterocycles. The SMILES string of the molecule is O=[N+]([O-])c1ccc2ccc(O)cc2c1. The molecule has 0 aromatic heterocycles. The molecule has 0 bridgehead atoms. The third-order valence-corrected chi connectivity index (χ3v) is 2.02. The zero-order chi connectivity index (χ0) is 10.1. The molecule has 14 heavy (non-hydrogen) atoms. The van der Waals surface area contributed by atoms with E-state index in [0.29, 0.717) is 5.39 Å². The third-order valence-electron chi connectivity index (χ3n) is 2.02. The summed E-state index contributed by atoms with van der Waals surface area (Å²) in [6, 6.07) is 9.31. The number of rotatable bonds is 1. The minimum absolute atomic E-state index is 0.0306. The number of benzene rings is 2. The molecule has 4 heteroatoms. The first-order valence-electron chi connectivity index (χ1n) is 4.04. The van der Waals surface area contributed by atoms with E-state index in [4.69, 9.17) is 0 Å². The molecule has 0 aliphatic heterocycles. The van der Waals surface area contributed by atoms with Crippen LogP contribution in [-0.2, 0) is 0 Å². The van der Waals surface area contributed by atoms with Crippen LogP contribution in [0, 0.1) is 10.1 Å². The molecule has 1 N–H and O–H groups in total. The van der Waals surface area contributed by atoms with Gasteiger partial charge >= 0.3 is 0 Å². The molecule has 70 valence electrons. The summed E-state index contributed by atoms with van der Waals surface area (Å²) >= 11 is 0. The van der Waals surface area contributed by atoms with E-state index in [1.54, 1.807) is 18.2 Å². The molecule has 0 aliphatic carbocycles. The molecule has 0 amide bonds. The Kier molecular flexibility index (Phi) is 1.81. The van der Waals surface area contributed by atoms with Crippen LogP contribution in [0.15, 0.2) is 36.4 Å². The van der Waals surface area contributed by atoms with Crippen molar-refractivity contribution in [1.29, 1.82) is 0 Å². The van der Waals surface area contributed by atoms with E-state index in [1.807, 2.05) is 0 Å². The minimum Gasteiger partial charge on any atom is -0.508 e. The van der Waals surface area contributed by atoms with Gasteiger partial charge in [0, 0.05) is 12.1 Å². The fraction of sp³-hybridized carbons (Fsp3) is 0. The number of aromatic hydroxyl groups is 1. The topological polar surface area (TPSA) is 63.4 Å². The molecule has 0 saturated carbocycles. The van der Waals surface area contributed by atoms with Gasteiger partial charge in [-0.15, -0.1) is 0 Å². The standard InChI is InChI=1S/C10H7NO3/c12-10-4-2-7-1-3-9(11(13)14)5-8(7)6-10/h1-6,12H. The van der Waals surface area contributed by atoms with E-state index in [1.165, 1.54) is 18.2 Å². The average molecular weight is 189 g/mol. The van der Waals surface area contributed by atoms with Crippen LogP contribution < -0.4 is 0 Å². The van der Waals surface area contributed by atoms with Crippen LogP contribution in [0.3, 0.4) is 0 Å². The van der Waals surface area contributed by atoms with Crippen LogP contribution in [0.25, 0.3) is 10.8 Å². The predicted octanol–water partition coefficient (Wildman–Crippen LogP) is 2.45. The molecule has 0 spiro atoms.